The lowest BCUT2D eigenvalue weighted by Crippen LogP contribution is -2.32. The van der Waals surface area contributed by atoms with E-state index in [1.807, 2.05) is 32.0 Å². The molecule has 150 valence electrons. The van der Waals surface area contributed by atoms with E-state index in [0.717, 1.165) is 17.4 Å². The average molecular weight is 404 g/mol. The van der Waals surface area contributed by atoms with Crippen molar-refractivity contribution in [1.29, 1.82) is 0 Å². The number of benzene rings is 2. The summed E-state index contributed by atoms with van der Waals surface area (Å²) in [5.74, 6) is -0.772. The Bertz CT molecular complexity index is 969. The van der Waals surface area contributed by atoms with Gasteiger partial charge in [-0.15, -0.1) is 0 Å². The van der Waals surface area contributed by atoms with E-state index in [2.05, 4.69) is 5.32 Å². The van der Waals surface area contributed by atoms with Crippen LogP contribution in [0.3, 0.4) is 0 Å². The Morgan fingerprint density at radius 3 is 2.29 bits per heavy atom. The topological polar surface area (TPSA) is 110 Å². The van der Waals surface area contributed by atoms with Crippen molar-refractivity contribution in [2.24, 2.45) is 5.73 Å². The molecule has 3 N–H and O–H groups in total. The van der Waals surface area contributed by atoms with Crippen LogP contribution in [-0.4, -0.2) is 33.0 Å². The molecule has 0 radical (unpaired) electrons. The first-order valence-electron chi connectivity index (χ1n) is 8.82. The van der Waals surface area contributed by atoms with E-state index >= 15 is 0 Å². The van der Waals surface area contributed by atoms with E-state index in [1.54, 1.807) is 12.1 Å². The molecule has 2 aromatic rings. The molecule has 0 aromatic heterocycles. The van der Waals surface area contributed by atoms with E-state index in [-0.39, 0.29) is 18.9 Å². The number of nitrogens with zero attached hydrogens (tertiary/aromatic N) is 1. The van der Waals surface area contributed by atoms with Gasteiger partial charge in [0, 0.05) is 24.2 Å². The van der Waals surface area contributed by atoms with Crippen LogP contribution in [0.5, 0.6) is 0 Å². The molecule has 0 fully saturated rings. The van der Waals surface area contributed by atoms with Gasteiger partial charge in [0.05, 0.1) is 11.9 Å². The van der Waals surface area contributed by atoms with Gasteiger partial charge in [-0.05, 0) is 61.7 Å². The lowest BCUT2D eigenvalue weighted by molar-refractivity contribution is -0.116. The highest BCUT2D eigenvalue weighted by molar-refractivity contribution is 7.92. The van der Waals surface area contributed by atoms with Crippen molar-refractivity contribution >= 4 is 33.2 Å². The van der Waals surface area contributed by atoms with E-state index in [0.29, 0.717) is 23.4 Å². The predicted octanol–water partition coefficient (Wildman–Crippen LogP) is 2.59. The zero-order chi connectivity index (χ0) is 20.9. The van der Waals surface area contributed by atoms with E-state index < -0.39 is 15.9 Å². The quantitative estimate of drug-likeness (QED) is 0.706. The monoisotopic (exact) mass is 403 g/mol. The first-order chi connectivity index (χ1) is 13.1. The van der Waals surface area contributed by atoms with Crippen LogP contribution >= 0.6 is 0 Å². The third kappa shape index (κ3) is 5.82. The second-order valence-electron chi connectivity index (χ2n) is 6.72. The summed E-state index contributed by atoms with van der Waals surface area (Å²) in [5, 5.41) is 2.72. The van der Waals surface area contributed by atoms with Crippen molar-refractivity contribution in [3.63, 3.8) is 0 Å². The number of carbonyl (C=O) groups excluding carboxylic acids is 2. The minimum absolute atomic E-state index is 0.161. The molecule has 8 heteroatoms. The molecule has 0 saturated carbocycles. The number of amides is 2. The van der Waals surface area contributed by atoms with Crippen LogP contribution in [0.25, 0.3) is 0 Å². The second kappa shape index (κ2) is 8.88. The Balaban J connectivity index is 1.99. The molecule has 0 atom stereocenters. The zero-order valence-electron chi connectivity index (χ0n) is 16.2. The fraction of sp³-hybridized carbons (Fsp3) is 0.300. The standard InChI is InChI=1S/C20H25N3O4S/c1-14-6-7-15(2)18(13-14)23(28(3,26)27)12-4-5-19(24)22-17-10-8-16(9-11-17)20(21)25/h6-11,13H,4-5,12H2,1-3H3,(H2,21,25)(H,22,24). The number of aryl methyl sites for hydroxylation is 2. The van der Waals surface area contributed by atoms with Gasteiger partial charge in [-0.1, -0.05) is 12.1 Å². The van der Waals surface area contributed by atoms with Crippen molar-refractivity contribution < 1.29 is 18.0 Å². The number of hydrogen-bond acceptors (Lipinski definition) is 4. The van der Waals surface area contributed by atoms with Crippen molar-refractivity contribution in [1.82, 2.24) is 0 Å². The van der Waals surface area contributed by atoms with Gasteiger partial charge in [0.25, 0.3) is 0 Å². The third-order valence-corrected chi connectivity index (χ3v) is 5.43. The maximum Gasteiger partial charge on any atom is 0.248 e. The maximum absolute atomic E-state index is 12.2. The van der Waals surface area contributed by atoms with E-state index in [4.69, 9.17) is 5.73 Å². The molecule has 0 unspecified atom stereocenters. The van der Waals surface area contributed by atoms with Crippen molar-refractivity contribution in [3.8, 4) is 0 Å². The molecule has 2 amide bonds. The van der Waals surface area contributed by atoms with Crippen molar-refractivity contribution in [2.75, 3.05) is 22.4 Å². The number of carbonyl (C=O) groups is 2. The van der Waals surface area contributed by atoms with Gasteiger partial charge in [-0.2, -0.15) is 0 Å². The van der Waals surface area contributed by atoms with Crippen LogP contribution in [0.15, 0.2) is 42.5 Å². The summed E-state index contributed by atoms with van der Waals surface area (Å²) in [5.41, 5.74) is 8.53. The lowest BCUT2D eigenvalue weighted by atomic mass is 10.1. The van der Waals surface area contributed by atoms with Crippen molar-refractivity contribution in [2.45, 2.75) is 26.7 Å². The molecule has 7 nitrogen and oxygen atoms in total. The molecule has 0 aliphatic carbocycles. The van der Waals surface area contributed by atoms with Crippen LogP contribution in [0, 0.1) is 13.8 Å². The minimum atomic E-state index is -3.47. The molecule has 2 rings (SSSR count). The summed E-state index contributed by atoms with van der Waals surface area (Å²) in [6.45, 7) is 3.97. The first kappa shape index (κ1) is 21.4. The Labute approximate surface area is 165 Å². The zero-order valence-corrected chi connectivity index (χ0v) is 17.0. The summed E-state index contributed by atoms with van der Waals surface area (Å²) in [6.07, 6.45) is 1.69. The summed E-state index contributed by atoms with van der Waals surface area (Å²) in [7, 11) is -3.47. The highest BCUT2D eigenvalue weighted by atomic mass is 32.2. The largest absolute Gasteiger partial charge is 0.366 e. The minimum Gasteiger partial charge on any atom is -0.366 e. The Kier molecular flexibility index (Phi) is 6.80. The fourth-order valence-corrected chi connectivity index (χ4v) is 3.79. The number of anilines is 2. The molecule has 0 aliphatic rings. The fourth-order valence-electron chi connectivity index (χ4n) is 2.78. The second-order valence-corrected chi connectivity index (χ2v) is 8.63. The van der Waals surface area contributed by atoms with Crippen molar-refractivity contribution in [3.05, 3.63) is 59.2 Å². The van der Waals surface area contributed by atoms with Gasteiger partial charge in [-0.3, -0.25) is 13.9 Å². The van der Waals surface area contributed by atoms with Gasteiger partial charge >= 0.3 is 0 Å². The summed E-state index contributed by atoms with van der Waals surface area (Å²) < 4.78 is 25.8. The smallest absolute Gasteiger partial charge is 0.248 e. The van der Waals surface area contributed by atoms with Gasteiger partial charge in [-0.25, -0.2) is 8.42 Å². The summed E-state index contributed by atoms with van der Waals surface area (Å²) in [4.78, 5) is 23.2. The molecule has 0 heterocycles. The van der Waals surface area contributed by atoms with E-state index in [1.165, 1.54) is 16.4 Å². The normalized spacial score (nSPS) is 11.1. The van der Waals surface area contributed by atoms with Gasteiger partial charge in [0.2, 0.25) is 21.8 Å². The summed E-state index contributed by atoms with van der Waals surface area (Å²) >= 11 is 0. The van der Waals surface area contributed by atoms with Crippen LogP contribution in [-0.2, 0) is 14.8 Å². The van der Waals surface area contributed by atoms with E-state index in [9.17, 15) is 18.0 Å². The highest BCUT2D eigenvalue weighted by Gasteiger charge is 2.19. The number of sulfonamides is 1. The molecular weight excluding hydrogens is 378 g/mol. The maximum atomic E-state index is 12.2. The molecular formula is C20H25N3O4S. The Morgan fingerprint density at radius 2 is 1.71 bits per heavy atom. The van der Waals surface area contributed by atoms with Gasteiger partial charge in [0.1, 0.15) is 0 Å². The lowest BCUT2D eigenvalue weighted by Gasteiger charge is -2.24. The van der Waals surface area contributed by atoms with Crippen LogP contribution in [0.2, 0.25) is 0 Å². The van der Waals surface area contributed by atoms with Crippen LogP contribution in [0.1, 0.15) is 34.3 Å². The highest BCUT2D eigenvalue weighted by Crippen LogP contribution is 2.24. The Morgan fingerprint density at radius 1 is 1.07 bits per heavy atom. The average Bonchev–Trinajstić information content (AvgIpc) is 2.60. The number of nitrogens with one attached hydrogen (secondary N) is 1. The van der Waals surface area contributed by atoms with Gasteiger partial charge < -0.3 is 11.1 Å². The number of nitrogens with two attached hydrogens (primary N) is 1. The first-order valence-corrected chi connectivity index (χ1v) is 10.7. The predicted molar refractivity (Wildman–Crippen MR) is 111 cm³/mol. The number of rotatable bonds is 8. The number of hydrogen-bond donors (Lipinski definition) is 2. The van der Waals surface area contributed by atoms with Crippen LogP contribution in [0.4, 0.5) is 11.4 Å². The third-order valence-electron chi connectivity index (χ3n) is 4.25. The molecule has 28 heavy (non-hydrogen) atoms. The van der Waals surface area contributed by atoms with Crippen LogP contribution < -0.4 is 15.4 Å². The molecule has 0 saturated heterocycles. The SMILES string of the molecule is Cc1ccc(C)c(N(CCCC(=O)Nc2ccc(C(N)=O)cc2)S(C)(=O)=O)c1. The summed E-state index contributed by atoms with van der Waals surface area (Å²) in [6, 6.07) is 11.9. The molecule has 0 bridgehead atoms. The molecule has 2 aromatic carbocycles. The number of primary amides is 1. The molecule has 0 aliphatic heterocycles. The van der Waals surface area contributed by atoms with Gasteiger partial charge in [0.15, 0.2) is 0 Å². The molecule has 0 spiro atoms. The Hall–Kier alpha value is -2.87.